The second-order valence-electron chi connectivity index (χ2n) is 6.52. The normalized spacial score (nSPS) is 11.1. The highest BCUT2D eigenvalue weighted by Crippen LogP contribution is 2.37. The van der Waals surface area contributed by atoms with Crippen molar-refractivity contribution in [3.05, 3.63) is 103 Å². The Bertz CT molecular complexity index is 1240. The smallest absolute Gasteiger partial charge is 0.123 e. The van der Waals surface area contributed by atoms with Gasteiger partial charge in [0.15, 0.2) is 0 Å². The summed E-state index contributed by atoms with van der Waals surface area (Å²) in [6, 6.07) is 31.4. The Balaban J connectivity index is 1.83. The lowest BCUT2D eigenvalue weighted by Crippen LogP contribution is -1.98. The summed E-state index contributed by atoms with van der Waals surface area (Å²) in [6.45, 7) is 0. The van der Waals surface area contributed by atoms with Crippen molar-refractivity contribution in [2.75, 3.05) is 5.32 Å². The molecule has 0 aliphatic heterocycles. The molecule has 0 bridgehead atoms. The van der Waals surface area contributed by atoms with E-state index in [0.29, 0.717) is 0 Å². The number of hydrogen-bond donors (Lipinski definition) is 1. The molecule has 0 atom stereocenters. The first-order chi connectivity index (χ1) is 13.3. The number of benzene rings is 4. The third kappa shape index (κ3) is 2.64. The zero-order valence-corrected chi connectivity index (χ0v) is 14.6. The van der Waals surface area contributed by atoms with E-state index >= 15 is 0 Å². The molecule has 2 nitrogen and oxygen atoms in total. The van der Waals surface area contributed by atoms with Gasteiger partial charge in [-0.2, -0.15) is 0 Å². The van der Waals surface area contributed by atoms with Gasteiger partial charge in [0.1, 0.15) is 5.82 Å². The topological polar surface area (TPSA) is 17.0 Å². The number of nitrogens with one attached hydrogen (secondary N) is 1. The van der Waals surface area contributed by atoms with Gasteiger partial charge in [-0.3, -0.25) is 0 Å². The second-order valence-corrected chi connectivity index (χ2v) is 6.52. The molecule has 5 aromatic rings. The summed E-state index contributed by atoms with van der Waals surface area (Å²) in [5.74, 6) is -0.234. The van der Waals surface area contributed by atoms with Crippen molar-refractivity contribution < 1.29 is 4.39 Å². The quantitative estimate of drug-likeness (QED) is 0.384. The summed E-state index contributed by atoms with van der Waals surface area (Å²) in [6.07, 6.45) is 0. The molecule has 0 amide bonds. The van der Waals surface area contributed by atoms with Crippen LogP contribution < -0.4 is 5.32 Å². The lowest BCUT2D eigenvalue weighted by molar-refractivity contribution is 0.627. The Morgan fingerprint density at radius 3 is 2.15 bits per heavy atom. The molecule has 0 spiro atoms. The second kappa shape index (κ2) is 6.29. The van der Waals surface area contributed by atoms with Crippen molar-refractivity contribution in [1.29, 1.82) is 0 Å². The van der Waals surface area contributed by atoms with Crippen molar-refractivity contribution in [2.24, 2.45) is 0 Å². The minimum absolute atomic E-state index is 0.234. The summed E-state index contributed by atoms with van der Waals surface area (Å²) in [7, 11) is 0. The molecule has 0 fully saturated rings. The standard InChI is InChI=1S/C24H17FN2/c25-17-13-15-19(16-14-17)27-23-12-5-4-9-20(23)21-10-6-11-22(24(21)27)26-18-7-2-1-3-8-18/h1-16,26H. The highest BCUT2D eigenvalue weighted by atomic mass is 19.1. The fraction of sp³-hybridized carbons (Fsp3) is 0. The first-order valence-electron chi connectivity index (χ1n) is 8.91. The van der Waals surface area contributed by atoms with Crippen LogP contribution in [0.25, 0.3) is 27.5 Å². The van der Waals surface area contributed by atoms with Crippen LogP contribution in [0.2, 0.25) is 0 Å². The van der Waals surface area contributed by atoms with Gasteiger partial charge in [-0.25, -0.2) is 4.39 Å². The van der Waals surface area contributed by atoms with Crippen molar-refractivity contribution in [3.63, 3.8) is 0 Å². The molecular formula is C24H17FN2. The van der Waals surface area contributed by atoms with E-state index in [1.54, 1.807) is 0 Å². The molecule has 1 aromatic heterocycles. The Kier molecular flexibility index (Phi) is 3.65. The minimum atomic E-state index is -0.234. The Morgan fingerprint density at radius 2 is 1.33 bits per heavy atom. The predicted octanol–water partition coefficient (Wildman–Crippen LogP) is 6.67. The summed E-state index contributed by atoms with van der Waals surface area (Å²) < 4.78 is 15.7. The van der Waals surface area contributed by atoms with E-state index < -0.39 is 0 Å². The van der Waals surface area contributed by atoms with Gasteiger partial charge in [0.05, 0.1) is 16.7 Å². The van der Waals surface area contributed by atoms with Gasteiger partial charge in [0.2, 0.25) is 0 Å². The van der Waals surface area contributed by atoms with Crippen LogP contribution >= 0.6 is 0 Å². The molecule has 1 heterocycles. The van der Waals surface area contributed by atoms with Crippen LogP contribution in [0, 0.1) is 5.82 Å². The number of nitrogens with zero attached hydrogens (tertiary/aromatic N) is 1. The van der Waals surface area contributed by atoms with Gasteiger partial charge < -0.3 is 9.88 Å². The van der Waals surface area contributed by atoms with Crippen molar-refractivity contribution >= 4 is 33.2 Å². The van der Waals surface area contributed by atoms with E-state index in [-0.39, 0.29) is 5.82 Å². The highest BCUT2D eigenvalue weighted by molar-refractivity contribution is 6.13. The lowest BCUT2D eigenvalue weighted by Gasteiger charge is -2.13. The minimum Gasteiger partial charge on any atom is -0.354 e. The molecule has 0 unspecified atom stereocenters. The van der Waals surface area contributed by atoms with Crippen molar-refractivity contribution in [2.45, 2.75) is 0 Å². The summed E-state index contributed by atoms with van der Waals surface area (Å²) >= 11 is 0. The molecule has 0 saturated heterocycles. The molecule has 1 N–H and O–H groups in total. The third-order valence-corrected chi connectivity index (χ3v) is 4.83. The first kappa shape index (κ1) is 15.6. The largest absolute Gasteiger partial charge is 0.354 e. The van der Waals surface area contributed by atoms with Crippen LogP contribution in [0.15, 0.2) is 97.1 Å². The maximum Gasteiger partial charge on any atom is 0.123 e. The average molecular weight is 352 g/mol. The molecule has 130 valence electrons. The molecule has 5 rings (SSSR count). The Morgan fingerprint density at radius 1 is 0.630 bits per heavy atom. The van der Waals surface area contributed by atoms with Crippen LogP contribution in [-0.4, -0.2) is 4.57 Å². The van der Waals surface area contributed by atoms with Gasteiger partial charge >= 0.3 is 0 Å². The molecule has 0 aliphatic carbocycles. The number of rotatable bonds is 3. The zero-order valence-electron chi connectivity index (χ0n) is 14.6. The number of anilines is 2. The lowest BCUT2D eigenvalue weighted by atomic mass is 10.1. The van der Waals surface area contributed by atoms with Gasteiger partial charge in [-0.05, 0) is 48.5 Å². The molecule has 0 saturated carbocycles. The number of para-hydroxylation sites is 3. The van der Waals surface area contributed by atoms with Crippen molar-refractivity contribution in [3.8, 4) is 5.69 Å². The molecular weight excluding hydrogens is 335 g/mol. The van der Waals surface area contributed by atoms with Crippen molar-refractivity contribution in [1.82, 2.24) is 4.57 Å². The molecule has 4 aromatic carbocycles. The fourth-order valence-corrected chi connectivity index (χ4v) is 3.65. The summed E-state index contributed by atoms with van der Waals surface area (Å²) in [4.78, 5) is 0. The average Bonchev–Trinajstić information content (AvgIpc) is 3.05. The van der Waals surface area contributed by atoms with Crippen LogP contribution in [0.1, 0.15) is 0 Å². The van der Waals surface area contributed by atoms with Gasteiger partial charge in [0, 0.05) is 22.1 Å². The van der Waals surface area contributed by atoms with Gasteiger partial charge in [-0.15, -0.1) is 0 Å². The van der Waals surface area contributed by atoms with Crippen LogP contribution in [0.3, 0.4) is 0 Å². The van der Waals surface area contributed by atoms with Gasteiger partial charge in [0.25, 0.3) is 0 Å². The van der Waals surface area contributed by atoms with E-state index in [9.17, 15) is 4.39 Å². The molecule has 3 heteroatoms. The van der Waals surface area contributed by atoms with Gasteiger partial charge in [-0.1, -0.05) is 48.5 Å². The maximum atomic E-state index is 13.5. The van der Waals surface area contributed by atoms with E-state index in [0.717, 1.165) is 33.5 Å². The maximum absolute atomic E-state index is 13.5. The number of halogens is 1. The summed E-state index contributed by atoms with van der Waals surface area (Å²) in [5.41, 5.74) is 5.15. The molecule has 0 radical (unpaired) electrons. The predicted molar refractivity (Wildman–Crippen MR) is 110 cm³/mol. The zero-order chi connectivity index (χ0) is 18.2. The van der Waals surface area contributed by atoms with E-state index in [1.165, 1.54) is 17.5 Å². The number of fused-ring (bicyclic) bond motifs is 3. The third-order valence-electron chi connectivity index (χ3n) is 4.83. The van der Waals surface area contributed by atoms with E-state index in [1.807, 2.05) is 54.6 Å². The van der Waals surface area contributed by atoms with Crippen LogP contribution in [-0.2, 0) is 0 Å². The first-order valence-corrected chi connectivity index (χ1v) is 8.91. The Hall–Kier alpha value is -3.59. The number of hydrogen-bond acceptors (Lipinski definition) is 1. The summed E-state index contributed by atoms with van der Waals surface area (Å²) in [5, 5.41) is 5.87. The van der Waals surface area contributed by atoms with E-state index in [4.69, 9.17) is 0 Å². The fourth-order valence-electron chi connectivity index (χ4n) is 3.65. The van der Waals surface area contributed by atoms with E-state index in [2.05, 4.69) is 40.2 Å². The highest BCUT2D eigenvalue weighted by Gasteiger charge is 2.15. The Labute approximate surface area is 156 Å². The van der Waals surface area contributed by atoms with Crippen LogP contribution in [0.5, 0.6) is 0 Å². The van der Waals surface area contributed by atoms with Crippen LogP contribution in [0.4, 0.5) is 15.8 Å². The SMILES string of the molecule is Fc1ccc(-n2c3ccccc3c3cccc(Nc4ccccc4)c32)cc1. The molecule has 27 heavy (non-hydrogen) atoms. The number of aromatic nitrogens is 1. The molecule has 0 aliphatic rings. The monoisotopic (exact) mass is 352 g/mol.